The molecule has 98 valence electrons. The molecule has 3 heterocycles. The first-order chi connectivity index (χ1) is 8.70. The van der Waals surface area contributed by atoms with E-state index in [1.807, 2.05) is 0 Å². The van der Waals surface area contributed by atoms with Gasteiger partial charge in [-0.05, 0) is 12.8 Å². The Morgan fingerprint density at radius 2 is 2.06 bits per heavy atom. The van der Waals surface area contributed by atoms with Crippen molar-refractivity contribution in [3.8, 4) is 18.4 Å². The number of terminal acetylenes is 1. The minimum absolute atomic E-state index is 0.294. The predicted octanol–water partition coefficient (Wildman–Crippen LogP) is 2.20. The van der Waals surface area contributed by atoms with Crippen LogP contribution in [-0.4, -0.2) is 25.3 Å². The van der Waals surface area contributed by atoms with E-state index in [0.29, 0.717) is 26.1 Å². The predicted molar refractivity (Wildman–Crippen MR) is 65.1 cm³/mol. The number of fused-ring (bicyclic) bond motifs is 3. The third kappa shape index (κ3) is 2.24. The Labute approximate surface area is 108 Å². The zero-order valence-electron chi connectivity index (χ0n) is 10.8. The maximum Gasteiger partial charge on any atom is 0.284 e. The first-order valence-corrected chi connectivity index (χ1v) is 6.49. The number of rotatable bonds is 5. The Morgan fingerprint density at radius 3 is 2.61 bits per heavy atom. The molecule has 0 aliphatic carbocycles. The van der Waals surface area contributed by atoms with E-state index in [9.17, 15) is 5.26 Å². The largest absolute Gasteiger partial charge is 0.327 e. The Morgan fingerprint density at radius 1 is 1.33 bits per heavy atom. The van der Waals surface area contributed by atoms with Gasteiger partial charge in [0.15, 0.2) is 6.10 Å². The summed E-state index contributed by atoms with van der Waals surface area (Å²) < 4.78 is 17.2. The molecule has 3 rings (SSSR count). The monoisotopic (exact) mass is 249 g/mol. The second-order valence-corrected chi connectivity index (χ2v) is 5.06. The van der Waals surface area contributed by atoms with Gasteiger partial charge in [-0.1, -0.05) is 13.3 Å². The first kappa shape index (κ1) is 13.4. The van der Waals surface area contributed by atoms with Gasteiger partial charge in [0.05, 0.1) is 24.7 Å². The van der Waals surface area contributed by atoms with Crippen molar-refractivity contribution < 1.29 is 14.2 Å². The molecule has 0 N–H and O–H groups in total. The van der Waals surface area contributed by atoms with Crippen molar-refractivity contribution in [2.24, 2.45) is 5.41 Å². The molecular weight excluding hydrogens is 230 g/mol. The number of hydrogen-bond donors (Lipinski definition) is 0. The smallest absolute Gasteiger partial charge is 0.284 e. The molecule has 0 aromatic heterocycles. The number of unbranched alkanes of at least 4 members (excludes halogenated alkanes) is 1. The number of nitriles is 1. The third-order valence-corrected chi connectivity index (χ3v) is 3.68. The third-order valence-electron chi connectivity index (χ3n) is 3.68. The Hall–Kier alpha value is -1.07. The SMILES string of the molecule is C#CCCCC12OCC(CCC)(CO1)C(C#N)O2. The van der Waals surface area contributed by atoms with Gasteiger partial charge in [-0.15, -0.1) is 12.3 Å². The van der Waals surface area contributed by atoms with Crippen LogP contribution in [0.1, 0.15) is 39.0 Å². The standard InChI is InChI=1S/C14H19NO3/c1-3-5-6-8-14-16-10-13(7-4-2,11-17-14)12(9-15)18-14/h1,12H,4-8,10-11H2,2H3. The molecule has 0 saturated carbocycles. The summed E-state index contributed by atoms with van der Waals surface area (Å²) in [7, 11) is 0. The van der Waals surface area contributed by atoms with E-state index in [1.165, 1.54) is 0 Å². The van der Waals surface area contributed by atoms with Crippen LogP contribution in [0.5, 0.6) is 0 Å². The van der Waals surface area contributed by atoms with Gasteiger partial charge < -0.3 is 14.2 Å². The van der Waals surface area contributed by atoms with Crippen LogP contribution in [0.25, 0.3) is 0 Å². The van der Waals surface area contributed by atoms with Gasteiger partial charge in [0.1, 0.15) is 0 Å². The van der Waals surface area contributed by atoms with Gasteiger partial charge in [0, 0.05) is 12.8 Å². The van der Waals surface area contributed by atoms with Crippen molar-refractivity contribution in [2.45, 2.75) is 51.1 Å². The van der Waals surface area contributed by atoms with Crippen LogP contribution in [0.15, 0.2) is 0 Å². The molecule has 4 nitrogen and oxygen atoms in total. The lowest BCUT2D eigenvalue weighted by Crippen LogP contribution is -2.64. The molecule has 18 heavy (non-hydrogen) atoms. The molecule has 1 unspecified atom stereocenters. The highest BCUT2D eigenvalue weighted by Gasteiger charge is 2.57. The highest BCUT2D eigenvalue weighted by atomic mass is 16.9. The highest BCUT2D eigenvalue weighted by Crippen LogP contribution is 2.47. The van der Waals surface area contributed by atoms with Crippen LogP contribution in [0, 0.1) is 29.1 Å². The van der Waals surface area contributed by atoms with Gasteiger partial charge in [0.25, 0.3) is 5.97 Å². The van der Waals surface area contributed by atoms with Crippen LogP contribution < -0.4 is 0 Å². The average molecular weight is 249 g/mol. The van der Waals surface area contributed by atoms with Crippen molar-refractivity contribution in [3.05, 3.63) is 0 Å². The molecule has 0 radical (unpaired) electrons. The molecule has 0 aromatic carbocycles. The average Bonchev–Trinajstić information content (AvgIpc) is 2.41. The van der Waals surface area contributed by atoms with Gasteiger partial charge >= 0.3 is 0 Å². The van der Waals surface area contributed by atoms with Crippen molar-refractivity contribution in [1.82, 2.24) is 0 Å². The topological polar surface area (TPSA) is 51.5 Å². The summed E-state index contributed by atoms with van der Waals surface area (Å²) in [6.07, 6.45) is 8.67. The molecule has 3 aliphatic rings. The molecule has 0 spiro atoms. The summed E-state index contributed by atoms with van der Waals surface area (Å²) >= 11 is 0. The van der Waals surface area contributed by atoms with E-state index in [1.54, 1.807) is 0 Å². The van der Waals surface area contributed by atoms with E-state index in [-0.39, 0.29) is 5.41 Å². The number of ether oxygens (including phenoxy) is 3. The van der Waals surface area contributed by atoms with Gasteiger partial charge in [-0.2, -0.15) is 5.26 Å². The van der Waals surface area contributed by atoms with Crippen LogP contribution in [0.4, 0.5) is 0 Å². The van der Waals surface area contributed by atoms with E-state index in [2.05, 4.69) is 18.9 Å². The lowest BCUT2D eigenvalue weighted by Gasteiger charge is -2.54. The zero-order valence-corrected chi connectivity index (χ0v) is 10.8. The minimum Gasteiger partial charge on any atom is -0.327 e. The second kappa shape index (κ2) is 5.28. The molecular formula is C14H19NO3. The van der Waals surface area contributed by atoms with E-state index >= 15 is 0 Å². The van der Waals surface area contributed by atoms with E-state index in [4.69, 9.17) is 20.6 Å². The lowest BCUT2D eigenvalue weighted by atomic mass is 9.78. The summed E-state index contributed by atoms with van der Waals surface area (Å²) in [5.74, 6) is 1.55. The maximum atomic E-state index is 9.27. The van der Waals surface area contributed by atoms with Crippen LogP contribution in [-0.2, 0) is 14.2 Å². The Kier molecular flexibility index (Phi) is 3.92. The summed E-state index contributed by atoms with van der Waals surface area (Å²) in [5.41, 5.74) is -0.294. The lowest BCUT2D eigenvalue weighted by molar-refractivity contribution is -0.483. The van der Waals surface area contributed by atoms with Crippen LogP contribution >= 0.6 is 0 Å². The fraction of sp³-hybridized carbons (Fsp3) is 0.786. The van der Waals surface area contributed by atoms with Gasteiger partial charge in [-0.25, -0.2) is 0 Å². The normalized spacial score (nSPS) is 38.1. The molecule has 3 saturated heterocycles. The van der Waals surface area contributed by atoms with Crippen molar-refractivity contribution in [1.29, 1.82) is 5.26 Å². The zero-order chi connectivity index (χ0) is 13.1. The van der Waals surface area contributed by atoms with Crippen molar-refractivity contribution in [3.63, 3.8) is 0 Å². The van der Waals surface area contributed by atoms with E-state index in [0.717, 1.165) is 19.3 Å². The highest BCUT2D eigenvalue weighted by molar-refractivity contribution is 5.05. The number of hydrogen-bond acceptors (Lipinski definition) is 4. The Balaban J connectivity index is 2.05. The second-order valence-electron chi connectivity index (χ2n) is 5.06. The maximum absolute atomic E-state index is 9.27. The fourth-order valence-corrected chi connectivity index (χ4v) is 2.66. The molecule has 2 bridgehead atoms. The van der Waals surface area contributed by atoms with Crippen molar-refractivity contribution >= 4 is 0 Å². The summed E-state index contributed by atoms with van der Waals surface area (Å²) in [4.78, 5) is 0. The van der Waals surface area contributed by atoms with E-state index < -0.39 is 12.1 Å². The molecule has 3 fully saturated rings. The summed E-state index contributed by atoms with van der Waals surface area (Å²) in [5, 5.41) is 9.27. The molecule has 4 heteroatoms. The molecule has 1 atom stereocenters. The van der Waals surface area contributed by atoms with Gasteiger partial charge in [-0.3, -0.25) is 0 Å². The molecule has 0 amide bonds. The minimum atomic E-state index is -1.03. The van der Waals surface area contributed by atoms with Gasteiger partial charge in [0.2, 0.25) is 0 Å². The van der Waals surface area contributed by atoms with Crippen LogP contribution in [0.3, 0.4) is 0 Å². The Bertz CT molecular complexity index is 371. The fourth-order valence-electron chi connectivity index (χ4n) is 2.66. The summed E-state index contributed by atoms with van der Waals surface area (Å²) in [6, 6.07) is 2.25. The van der Waals surface area contributed by atoms with Crippen LogP contribution in [0.2, 0.25) is 0 Å². The van der Waals surface area contributed by atoms with Crippen molar-refractivity contribution in [2.75, 3.05) is 13.2 Å². The molecule has 3 aliphatic heterocycles. The molecule has 0 aromatic rings. The quantitative estimate of drug-likeness (QED) is 0.553. The summed E-state index contributed by atoms with van der Waals surface area (Å²) in [6.45, 7) is 3.16. The number of nitrogens with zero attached hydrogens (tertiary/aromatic N) is 1. The first-order valence-electron chi connectivity index (χ1n) is 6.49.